The lowest BCUT2D eigenvalue weighted by Crippen LogP contribution is -2.40. The van der Waals surface area contributed by atoms with Crippen molar-refractivity contribution in [2.24, 2.45) is 0 Å². The summed E-state index contributed by atoms with van der Waals surface area (Å²) in [6.07, 6.45) is -1.78. The fourth-order valence-electron chi connectivity index (χ4n) is 0.852. The van der Waals surface area contributed by atoms with Crippen molar-refractivity contribution in [1.82, 2.24) is 4.31 Å². The number of rotatable bonds is 5. The summed E-state index contributed by atoms with van der Waals surface area (Å²) in [5, 5.41) is 17.8. The first-order valence-corrected chi connectivity index (χ1v) is 5.22. The largest absolute Gasteiger partial charge is 0.392 e. The summed E-state index contributed by atoms with van der Waals surface area (Å²) in [6, 6.07) is 0. The van der Waals surface area contributed by atoms with Gasteiger partial charge in [-0.2, -0.15) is 12.7 Å². The molecule has 0 aliphatic heterocycles. The van der Waals surface area contributed by atoms with Gasteiger partial charge < -0.3 is 10.2 Å². The third kappa shape index (κ3) is 7.22. The second-order valence-corrected chi connectivity index (χ2v) is 4.40. The molecule has 14 heavy (non-hydrogen) atoms. The van der Waals surface area contributed by atoms with Gasteiger partial charge in [0.1, 0.15) is 0 Å². The van der Waals surface area contributed by atoms with Crippen LogP contribution in [0.4, 0.5) is 0 Å². The Labute approximate surface area is 85.0 Å². The van der Waals surface area contributed by atoms with Gasteiger partial charge in [-0.15, -0.1) is 0 Å². The predicted octanol–water partition coefficient (Wildman–Crippen LogP) is -0.511. The third-order valence-corrected chi connectivity index (χ3v) is 2.21. The lowest BCUT2D eigenvalue weighted by atomic mass is 10.3. The Morgan fingerprint density at radius 3 is 1.57 bits per heavy atom. The smallest absolute Gasteiger partial charge is 0.336 e. The summed E-state index contributed by atoms with van der Waals surface area (Å²) < 4.78 is 30.6. The van der Waals surface area contributed by atoms with Crippen LogP contribution in [-0.4, -0.2) is 52.8 Å². The SMILES string of the molecule is C.CC(O)CN(CC(C)O)S(=O)(=O)O. The lowest BCUT2D eigenvalue weighted by Gasteiger charge is -2.20. The molecule has 0 saturated heterocycles. The first kappa shape index (κ1) is 16.2. The summed E-state index contributed by atoms with van der Waals surface area (Å²) in [5.41, 5.74) is 0. The highest BCUT2D eigenvalue weighted by Crippen LogP contribution is 2.01. The summed E-state index contributed by atoms with van der Waals surface area (Å²) >= 11 is 0. The zero-order chi connectivity index (χ0) is 10.6. The van der Waals surface area contributed by atoms with Crippen LogP contribution in [0.25, 0.3) is 0 Å². The molecule has 0 amide bonds. The fraction of sp³-hybridized carbons (Fsp3) is 1.00. The minimum atomic E-state index is -4.34. The van der Waals surface area contributed by atoms with Gasteiger partial charge in [0.05, 0.1) is 12.2 Å². The Bertz CT molecular complexity index is 226. The molecule has 7 heteroatoms. The Morgan fingerprint density at radius 1 is 1.14 bits per heavy atom. The van der Waals surface area contributed by atoms with Gasteiger partial charge in [0.2, 0.25) is 0 Å². The van der Waals surface area contributed by atoms with Crippen LogP contribution in [0, 0.1) is 0 Å². The molecule has 2 atom stereocenters. The maximum Gasteiger partial charge on any atom is 0.336 e. The Morgan fingerprint density at radius 2 is 1.43 bits per heavy atom. The molecule has 88 valence electrons. The molecule has 0 heterocycles. The number of aliphatic hydroxyl groups is 2. The van der Waals surface area contributed by atoms with Crippen molar-refractivity contribution >= 4 is 10.3 Å². The van der Waals surface area contributed by atoms with E-state index < -0.39 is 22.5 Å². The van der Waals surface area contributed by atoms with Crippen molar-refractivity contribution in [3.63, 3.8) is 0 Å². The monoisotopic (exact) mass is 229 g/mol. The van der Waals surface area contributed by atoms with E-state index in [2.05, 4.69) is 0 Å². The Hall–Kier alpha value is -0.210. The van der Waals surface area contributed by atoms with Crippen LogP contribution in [0.1, 0.15) is 21.3 Å². The summed E-state index contributed by atoms with van der Waals surface area (Å²) in [4.78, 5) is 0. The highest BCUT2D eigenvalue weighted by atomic mass is 32.2. The van der Waals surface area contributed by atoms with Crippen molar-refractivity contribution < 1.29 is 23.2 Å². The standard InChI is InChI=1S/C6H15NO5S.CH4/c1-5(8)3-7(4-6(2)9)13(10,11)12;/h5-6,8-9H,3-4H2,1-2H3,(H,10,11,12);1H4. The second kappa shape index (κ2) is 6.31. The Balaban J connectivity index is 0. The molecule has 0 fully saturated rings. The van der Waals surface area contributed by atoms with Crippen LogP contribution < -0.4 is 0 Å². The number of hydrogen-bond acceptors (Lipinski definition) is 4. The van der Waals surface area contributed by atoms with Gasteiger partial charge in [-0.3, -0.25) is 4.55 Å². The zero-order valence-electron chi connectivity index (χ0n) is 7.58. The molecule has 2 unspecified atom stereocenters. The first-order chi connectivity index (χ1) is 5.73. The first-order valence-electron chi connectivity index (χ1n) is 3.82. The van der Waals surface area contributed by atoms with Gasteiger partial charge in [0.15, 0.2) is 0 Å². The molecule has 0 aromatic carbocycles. The number of hydrogen-bond donors (Lipinski definition) is 3. The maximum atomic E-state index is 10.7. The molecular weight excluding hydrogens is 210 g/mol. The van der Waals surface area contributed by atoms with E-state index in [-0.39, 0.29) is 20.5 Å². The van der Waals surface area contributed by atoms with E-state index in [0.717, 1.165) is 0 Å². The molecule has 0 bridgehead atoms. The molecule has 0 aromatic heterocycles. The molecular formula is C7H19NO5S. The van der Waals surface area contributed by atoms with Crippen molar-refractivity contribution in [3.8, 4) is 0 Å². The normalized spacial score (nSPS) is 16.1. The zero-order valence-corrected chi connectivity index (χ0v) is 8.40. The van der Waals surface area contributed by atoms with E-state index in [1.807, 2.05) is 0 Å². The van der Waals surface area contributed by atoms with E-state index in [1.165, 1.54) is 13.8 Å². The molecule has 0 aliphatic rings. The number of nitrogens with zero attached hydrogens (tertiary/aromatic N) is 1. The maximum absolute atomic E-state index is 10.7. The lowest BCUT2D eigenvalue weighted by molar-refractivity contribution is 0.120. The van der Waals surface area contributed by atoms with Crippen molar-refractivity contribution in [2.45, 2.75) is 33.5 Å². The van der Waals surface area contributed by atoms with Gasteiger partial charge in [0, 0.05) is 13.1 Å². The van der Waals surface area contributed by atoms with E-state index >= 15 is 0 Å². The molecule has 0 spiro atoms. The van der Waals surface area contributed by atoms with Crippen LogP contribution in [0.15, 0.2) is 0 Å². The van der Waals surface area contributed by atoms with Crippen LogP contribution in [0.5, 0.6) is 0 Å². The second-order valence-electron chi connectivity index (χ2n) is 2.99. The van der Waals surface area contributed by atoms with E-state index in [0.29, 0.717) is 4.31 Å². The minimum absolute atomic E-state index is 0. The minimum Gasteiger partial charge on any atom is -0.392 e. The van der Waals surface area contributed by atoms with Gasteiger partial charge in [-0.25, -0.2) is 0 Å². The summed E-state index contributed by atoms with van der Waals surface area (Å²) in [7, 11) is -4.34. The summed E-state index contributed by atoms with van der Waals surface area (Å²) in [5.74, 6) is 0. The van der Waals surface area contributed by atoms with Gasteiger partial charge in [0.25, 0.3) is 0 Å². The Kier molecular flexibility index (Phi) is 7.31. The van der Waals surface area contributed by atoms with Crippen molar-refractivity contribution in [2.75, 3.05) is 13.1 Å². The molecule has 0 radical (unpaired) electrons. The quantitative estimate of drug-likeness (QED) is 0.551. The van der Waals surface area contributed by atoms with Gasteiger partial charge >= 0.3 is 10.3 Å². The van der Waals surface area contributed by atoms with E-state index in [4.69, 9.17) is 14.8 Å². The van der Waals surface area contributed by atoms with Gasteiger partial charge in [-0.05, 0) is 13.8 Å². The van der Waals surface area contributed by atoms with Crippen LogP contribution in [-0.2, 0) is 10.3 Å². The average Bonchev–Trinajstić information content (AvgIpc) is 1.81. The number of aliphatic hydroxyl groups excluding tert-OH is 2. The predicted molar refractivity (Wildman–Crippen MR) is 53.2 cm³/mol. The van der Waals surface area contributed by atoms with Gasteiger partial charge in [-0.1, -0.05) is 7.43 Å². The fourth-order valence-corrected chi connectivity index (χ4v) is 1.66. The van der Waals surface area contributed by atoms with Crippen molar-refractivity contribution in [1.29, 1.82) is 0 Å². The van der Waals surface area contributed by atoms with Crippen LogP contribution >= 0.6 is 0 Å². The highest BCUT2D eigenvalue weighted by molar-refractivity contribution is 7.83. The molecule has 0 saturated carbocycles. The third-order valence-electron chi connectivity index (χ3n) is 1.26. The highest BCUT2D eigenvalue weighted by Gasteiger charge is 2.21. The van der Waals surface area contributed by atoms with Crippen LogP contribution in [0.3, 0.4) is 0 Å². The van der Waals surface area contributed by atoms with E-state index in [9.17, 15) is 8.42 Å². The molecule has 0 aliphatic carbocycles. The van der Waals surface area contributed by atoms with Crippen LogP contribution in [0.2, 0.25) is 0 Å². The molecule has 6 nitrogen and oxygen atoms in total. The topological polar surface area (TPSA) is 98.1 Å². The van der Waals surface area contributed by atoms with E-state index in [1.54, 1.807) is 0 Å². The van der Waals surface area contributed by atoms with Crippen molar-refractivity contribution in [3.05, 3.63) is 0 Å². The average molecular weight is 229 g/mol. The summed E-state index contributed by atoms with van der Waals surface area (Å²) in [6.45, 7) is 2.31. The molecule has 3 N–H and O–H groups in total. The molecule has 0 aromatic rings. The molecule has 0 rings (SSSR count).